The minimum atomic E-state index is 0.0265. The summed E-state index contributed by atoms with van der Waals surface area (Å²) in [7, 11) is 0. The molecule has 0 aliphatic heterocycles. The van der Waals surface area contributed by atoms with Crippen molar-refractivity contribution in [2.45, 2.75) is 19.3 Å². The Kier molecular flexibility index (Phi) is 5.21. The van der Waals surface area contributed by atoms with Crippen molar-refractivity contribution >= 4 is 28.4 Å². The third-order valence-electron chi connectivity index (χ3n) is 1.90. The average molecular weight is 255 g/mol. The van der Waals surface area contributed by atoms with E-state index >= 15 is 0 Å². The molecule has 0 atom stereocenters. The first-order chi connectivity index (χ1) is 8.08. The van der Waals surface area contributed by atoms with Gasteiger partial charge < -0.3 is 22.9 Å². The van der Waals surface area contributed by atoms with Crippen molar-refractivity contribution in [3.05, 3.63) is 11.1 Å². The van der Waals surface area contributed by atoms with E-state index in [9.17, 15) is 0 Å². The smallest absolute Gasteiger partial charge is 0.212 e. The van der Waals surface area contributed by atoms with Gasteiger partial charge in [-0.3, -0.25) is 4.99 Å². The van der Waals surface area contributed by atoms with Crippen LogP contribution < -0.4 is 22.9 Å². The molecule has 8 heteroatoms. The van der Waals surface area contributed by atoms with Crippen LogP contribution in [0.15, 0.2) is 15.4 Å². The molecule has 17 heavy (non-hydrogen) atoms. The summed E-state index contributed by atoms with van der Waals surface area (Å²) in [5.41, 5.74) is 21.9. The third-order valence-corrected chi connectivity index (χ3v) is 2.68. The maximum atomic E-state index is 5.26. The summed E-state index contributed by atoms with van der Waals surface area (Å²) in [6.45, 7) is 0.646. The second-order valence-electron chi connectivity index (χ2n) is 3.42. The monoisotopic (exact) mass is 255 g/mol. The maximum Gasteiger partial charge on any atom is 0.212 e. The zero-order chi connectivity index (χ0) is 12.7. The number of thiazole rings is 1. The fraction of sp³-hybridized carbons (Fsp3) is 0.444. The second-order valence-corrected chi connectivity index (χ2v) is 4.26. The predicted octanol–water partition coefficient (Wildman–Crippen LogP) is -0.356. The highest BCUT2D eigenvalue weighted by Crippen LogP contribution is 2.19. The molecule has 0 radical (unpaired) electrons. The minimum Gasteiger partial charge on any atom is -0.370 e. The fourth-order valence-corrected chi connectivity index (χ4v) is 1.94. The van der Waals surface area contributed by atoms with Gasteiger partial charge in [-0.15, -0.1) is 11.3 Å². The lowest BCUT2D eigenvalue weighted by Gasteiger charge is -1.96. The normalized spacial score (nSPS) is 9.88. The van der Waals surface area contributed by atoms with Crippen molar-refractivity contribution in [1.82, 2.24) is 4.98 Å². The van der Waals surface area contributed by atoms with Gasteiger partial charge in [0.15, 0.2) is 11.9 Å². The summed E-state index contributed by atoms with van der Waals surface area (Å²) >= 11 is 1.42. The molecule has 1 rings (SSSR count). The number of aromatic nitrogens is 1. The average Bonchev–Trinajstić information content (AvgIpc) is 2.63. The Labute approximate surface area is 104 Å². The van der Waals surface area contributed by atoms with Crippen molar-refractivity contribution in [1.29, 1.82) is 0 Å². The molecule has 0 spiro atoms. The number of rotatable bonds is 6. The SMILES string of the molecule is NC(N)=NCCCCc1csc(N=C(N)N)n1. The van der Waals surface area contributed by atoms with E-state index in [0.717, 1.165) is 25.0 Å². The summed E-state index contributed by atoms with van der Waals surface area (Å²) in [6, 6.07) is 0. The first-order valence-electron chi connectivity index (χ1n) is 5.17. The van der Waals surface area contributed by atoms with Crippen LogP contribution in [0.25, 0.3) is 0 Å². The zero-order valence-corrected chi connectivity index (χ0v) is 10.3. The molecule has 1 aromatic heterocycles. The Morgan fingerprint density at radius 3 is 2.59 bits per heavy atom. The molecule has 7 nitrogen and oxygen atoms in total. The molecule has 0 aliphatic rings. The first-order valence-corrected chi connectivity index (χ1v) is 6.05. The quantitative estimate of drug-likeness (QED) is 0.312. The van der Waals surface area contributed by atoms with Gasteiger partial charge in [0.05, 0.1) is 5.69 Å². The number of hydrogen-bond acceptors (Lipinski definition) is 4. The summed E-state index contributed by atoms with van der Waals surface area (Å²) in [4.78, 5) is 12.0. The van der Waals surface area contributed by atoms with Crippen LogP contribution in [0.1, 0.15) is 18.5 Å². The number of aryl methyl sites for hydroxylation is 1. The molecule has 0 saturated carbocycles. The van der Waals surface area contributed by atoms with Gasteiger partial charge in [-0.25, -0.2) is 4.98 Å². The van der Waals surface area contributed by atoms with Crippen LogP contribution in [-0.4, -0.2) is 23.4 Å². The van der Waals surface area contributed by atoms with E-state index in [-0.39, 0.29) is 11.9 Å². The van der Waals surface area contributed by atoms with Crippen LogP contribution in [0.2, 0.25) is 0 Å². The number of nitrogens with zero attached hydrogens (tertiary/aromatic N) is 3. The summed E-state index contributed by atoms with van der Waals surface area (Å²) in [5.74, 6) is 0.160. The van der Waals surface area contributed by atoms with Crippen molar-refractivity contribution in [3.63, 3.8) is 0 Å². The molecular formula is C9H17N7S. The summed E-state index contributed by atoms with van der Waals surface area (Å²) < 4.78 is 0. The predicted molar refractivity (Wildman–Crippen MR) is 71.2 cm³/mol. The first kappa shape index (κ1) is 13.2. The molecule has 0 aliphatic carbocycles. The molecule has 0 bridgehead atoms. The molecule has 8 N–H and O–H groups in total. The minimum absolute atomic E-state index is 0.0265. The van der Waals surface area contributed by atoms with Crippen molar-refractivity contribution in [2.24, 2.45) is 32.9 Å². The number of hydrogen-bond donors (Lipinski definition) is 4. The molecule has 0 aromatic carbocycles. The van der Waals surface area contributed by atoms with Crippen LogP contribution in [0, 0.1) is 0 Å². The third kappa shape index (κ3) is 5.71. The van der Waals surface area contributed by atoms with Gasteiger partial charge in [0.1, 0.15) is 0 Å². The Bertz CT molecular complexity index is 401. The van der Waals surface area contributed by atoms with E-state index in [1.165, 1.54) is 11.3 Å². The van der Waals surface area contributed by atoms with E-state index in [0.29, 0.717) is 11.7 Å². The Morgan fingerprint density at radius 1 is 1.18 bits per heavy atom. The van der Waals surface area contributed by atoms with E-state index in [1.807, 2.05) is 5.38 Å². The van der Waals surface area contributed by atoms with Crippen LogP contribution in [0.3, 0.4) is 0 Å². The maximum absolute atomic E-state index is 5.26. The zero-order valence-electron chi connectivity index (χ0n) is 9.47. The van der Waals surface area contributed by atoms with Crippen molar-refractivity contribution in [3.8, 4) is 0 Å². The van der Waals surface area contributed by atoms with Crippen molar-refractivity contribution < 1.29 is 0 Å². The number of unbranched alkanes of at least 4 members (excludes halogenated alkanes) is 1. The van der Waals surface area contributed by atoms with E-state index in [1.54, 1.807) is 0 Å². The van der Waals surface area contributed by atoms with E-state index < -0.39 is 0 Å². The summed E-state index contributed by atoms with van der Waals surface area (Å²) in [5, 5.41) is 2.53. The van der Waals surface area contributed by atoms with Gasteiger partial charge in [0, 0.05) is 11.9 Å². The second kappa shape index (κ2) is 6.69. The molecular weight excluding hydrogens is 238 g/mol. The number of aliphatic imine (C=N–C) groups is 2. The lowest BCUT2D eigenvalue weighted by atomic mass is 10.2. The fourth-order valence-electron chi connectivity index (χ4n) is 1.20. The lowest BCUT2D eigenvalue weighted by Crippen LogP contribution is -2.22. The van der Waals surface area contributed by atoms with Gasteiger partial charge >= 0.3 is 0 Å². The standard InChI is InChI=1S/C9H17N7S/c10-7(11)14-4-2-1-3-6-5-17-9(15-6)16-8(12)13/h5H,1-4H2,(H4,10,11,14)(H4,12,13,15,16). The van der Waals surface area contributed by atoms with Gasteiger partial charge in [-0.05, 0) is 19.3 Å². The highest BCUT2D eigenvalue weighted by Gasteiger charge is 2.00. The largest absolute Gasteiger partial charge is 0.370 e. The number of guanidine groups is 2. The van der Waals surface area contributed by atoms with E-state index in [2.05, 4.69) is 15.0 Å². The van der Waals surface area contributed by atoms with Gasteiger partial charge in [-0.2, -0.15) is 4.99 Å². The molecule has 1 aromatic rings. The van der Waals surface area contributed by atoms with Crippen LogP contribution in [0.5, 0.6) is 0 Å². The van der Waals surface area contributed by atoms with Crippen LogP contribution in [-0.2, 0) is 6.42 Å². The number of nitrogens with two attached hydrogens (primary N) is 4. The van der Waals surface area contributed by atoms with Gasteiger partial charge in [0.25, 0.3) is 0 Å². The van der Waals surface area contributed by atoms with Gasteiger partial charge in [-0.1, -0.05) is 0 Å². The molecule has 94 valence electrons. The summed E-state index contributed by atoms with van der Waals surface area (Å²) in [6.07, 6.45) is 2.77. The van der Waals surface area contributed by atoms with Crippen molar-refractivity contribution in [2.75, 3.05) is 6.54 Å². The highest BCUT2D eigenvalue weighted by atomic mass is 32.1. The molecule has 0 fully saturated rings. The molecule has 0 unspecified atom stereocenters. The lowest BCUT2D eigenvalue weighted by molar-refractivity contribution is 0.735. The highest BCUT2D eigenvalue weighted by molar-refractivity contribution is 7.13. The van der Waals surface area contributed by atoms with E-state index in [4.69, 9.17) is 22.9 Å². The Balaban J connectivity index is 2.30. The molecule has 0 saturated heterocycles. The van der Waals surface area contributed by atoms with Crippen LogP contribution in [0.4, 0.5) is 5.13 Å². The van der Waals surface area contributed by atoms with Crippen LogP contribution >= 0.6 is 11.3 Å². The Hall–Kier alpha value is -1.83. The van der Waals surface area contributed by atoms with Gasteiger partial charge in [0.2, 0.25) is 5.13 Å². The topological polar surface area (TPSA) is 142 Å². The molecule has 1 heterocycles. The Morgan fingerprint density at radius 2 is 1.94 bits per heavy atom. The molecule has 0 amide bonds.